The van der Waals surface area contributed by atoms with Crippen LogP contribution in [0.25, 0.3) is 11.1 Å². The molecule has 1 amide bonds. The zero-order valence-electron chi connectivity index (χ0n) is 18.9. The minimum atomic E-state index is -1.40. The predicted octanol–water partition coefficient (Wildman–Crippen LogP) is 5.54. The fraction of sp³-hybridized carbons (Fsp3) is 0.231. The van der Waals surface area contributed by atoms with E-state index in [0.717, 1.165) is 16.7 Å². The molecule has 3 rings (SSSR count). The smallest absolute Gasteiger partial charge is 0.305 e. The second-order valence-corrected chi connectivity index (χ2v) is 14.5. The molecule has 0 spiro atoms. The topological polar surface area (TPSA) is 81.4 Å². The van der Waals surface area contributed by atoms with Crippen LogP contribution in [-0.4, -0.2) is 26.2 Å². The fourth-order valence-corrected chi connectivity index (χ4v) is 3.70. The van der Waals surface area contributed by atoms with Gasteiger partial charge in [-0.3, -0.25) is 9.59 Å². The van der Waals surface area contributed by atoms with Crippen LogP contribution in [0.1, 0.15) is 22.3 Å². The van der Waals surface area contributed by atoms with Crippen LogP contribution in [0.3, 0.4) is 0 Å². The number of nitrogens with one attached hydrogen (secondary N) is 1. The number of anilines is 2. The Hall–Kier alpha value is -3.38. The zero-order chi connectivity index (χ0) is 23.1. The standard InChI is InChI=1S/C26H30N2O3Si/c1-32(2,3)18-31-25(29)16-11-19-9-12-21(13-10-19)26(30)28-24-17-22(14-15-23(24)27)20-7-5-4-6-8-20/h4-10,12-15,17H,11,16,18,27H2,1-3H3,(H,28,30). The van der Waals surface area contributed by atoms with E-state index < -0.39 is 8.07 Å². The van der Waals surface area contributed by atoms with Gasteiger partial charge in [0.05, 0.1) is 25.7 Å². The summed E-state index contributed by atoms with van der Waals surface area (Å²) in [5.41, 5.74) is 10.7. The van der Waals surface area contributed by atoms with E-state index in [1.165, 1.54) is 0 Å². The molecule has 5 nitrogen and oxygen atoms in total. The van der Waals surface area contributed by atoms with Crippen LogP contribution >= 0.6 is 0 Å². The van der Waals surface area contributed by atoms with Crippen molar-refractivity contribution in [1.29, 1.82) is 0 Å². The Labute approximate surface area is 190 Å². The number of amides is 1. The number of hydrogen-bond acceptors (Lipinski definition) is 4. The molecule has 3 aromatic carbocycles. The van der Waals surface area contributed by atoms with Gasteiger partial charge in [-0.2, -0.15) is 0 Å². The Morgan fingerprint density at radius 2 is 1.59 bits per heavy atom. The van der Waals surface area contributed by atoms with Crippen LogP contribution in [0.4, 0.5) is 11.4 Å². The van der Waals surface area contributed by atoms with Crippen LogP contribution < -0.4 is 11.1 Å². The zero-order valence-corrected chi connectivity index (χ0v) is 19.9. The second-order valence-electron chi connectivity index (χ2n) is 9.04. The van der Waals surface area contributed by atoms with Crippen molar-refractivity contribution in [3.63, 3.8) is 0 Å². The van der Waals surface area contributed by atoms with Crippen LogP contribution in [0.5, 0.6) is 0 Å². The van der Waals surface area contributed by atoms with Crippen molar-refractivity contribution in [1.82, 2.24) is 0 Å². The highest BCUT2D eigenvalue weighted by Crippen LogP contribution is 2.27. The first kappa shape index (κ1) is 23.3. The minimum absolute atomic E-state index is 0.178. The number of esters is 1. The molecule has 3 aromatic rings. The first-order valence-corrected chi connectivity index (χ1v) is 14.4. The number of hydrogen-bond donors (Lipinski definition) is 2. The van der Waals surface area contributed by atoms with Gasteiger partial charge in [0, 0.05) is 12.0 Å². The highest BCUT2D eigenvalue weighted by atomic mass is 28.3. The number of nitrogen functional groups attached to an aromatic ring is 1. The molecule has 32 heavy (non-hydrogen) atoms. The van der Waals surface area contributed by atoms with Gasteiger partial charge in [0.2, 0.25) is 0 Å². The van der Waals surface area contributed by atoms with Crippen molar-refractivity contribution in [2.45, 2.75) is 32.5 Å². The Morgan fingerprint density at radius 1 is 0.906 bits per heavy atom. The van der Waals surface area contributed by atoms with E-state index in [-0.39, 0.29) is 11.9 Å². The lowest BCUT2D eigenvalue weighted by atomic mass is 10.0. The summed E-state index contributed by atoms with van der Waals surface area (Å²) in [4.78, 5) is 24.7. The molecule has 0 radical (unpaired) electrons. The lowest BCUT2D eigenvalue weighted by Gasteiger charge is -2.15. The van der Waals surface area contributed by atoms with Crippen molar-refractivity contribution >= 4 is 31.3 Å². The molecule has 0 aliphatic rings. The number of benzene rings is 3. The van der Waals surface area contributed by atoms with Gasteiger partial charge in [0.25, 0.3) is 5.91 Å². The van der Waals surface area contributed by atoms with Crippen LogP contribution in [0, 0.1) is 0 Å². The maximum atomic E-state index is 12.7. The molecule has 0 aliphatic heterocycles. The molecule has 0 bridgehead atoms. The quantitative estimate of drug-likeness (QED) is 0.270. The molecule has 0 unspecified atom stereocenters. The van der Waals surface area contributed by atoms with Crippen LogP contribution in [0.2, 0.25) is 19.6 Å². The monoisotopic (exact) mass is 446 g/mol. The number of aryl methyl sites for hydroxylation is 1. The van der Waals surface area contributed by atoms with Crippen molar-refractivity contribution in [2.24, 2.45) is 0 Å². The summed E-state index contributed by atoms with van der Waals surface area (Å²) in [5.74, 6) is -0.411. The Morgan fingerprint density at radius 3 is 2.25 bits per heavy atom. The highest BCUT2D eigenvalue weighted by molar-refractivity contribution is 6.76. The van der Waals surface area contributed by atoms with E-state index in [1.807, 2.05) is 54.6 Å². The van der Waals surface area contributed by atoms with Gasteiger partial charge < -0.3 is 15.8 Å². The summed E-state index contributed by atoms with van der Waals surface area (Å²) >= 11 is 0. The Kier molecular flexibility index (Phi) is 7.48. The number of nitrogens with two attached hydrogens (primary N) is 1. The average Bonchev–Trinajstić information content (AvgIpc) is 2.78. The van der Waals surface area contributed by atoms with Crippen LogP contribution in [0.15, 0.2) is 72.8 Å². The van der Waals surface area contributed by atoms with Crippen molar-refractivity contribution < 1.29 is 14.3 Å². The molecule has 0 atom stereocenters. The van der Waals surface area contributed by atoms with Crippen molar-refractivity contribution in [3.8, 4) is 11.1 Å². The van der Waals surface area contributed by atoms with E-state index in [4.69, 9.17) is 10.5 Å². The predicted molar refractivity (Wildman–Crippen MR) is 133 cm³/mol. The third-order valence-electron chi connectivity index (χ3n) is 4.91. The molecule has 0 aliphatic carbocycles. The van der Waals surface area contributed by atoms with Gasteiger partial charge in [-0.1, -0.05) is 68.2 Å². The lowest BCUT2D eigenvalue weighted by molar-refractivity contribution is -0.141. The first-order chi connectivity index (χ1) is 15.2. The average molecular weight is 447 g/mol. The first-order valence-electron chi connectivity index (χ1n) is 10.7. The summed E-state index contributed by atoms with van der Waals surface area (Å²) in [6, 6.07) is 22.8. The summed E-state index contributed by atoms with van der Waals surface area (Å²) in [7, 11) is -1.40. The second kappa shape index (κ2) is 10.3. The minimum Gasteiger partial charge on any atom is -0.469 e. The SMILES string of the molecule is C[Si](C)(C)COC(=O)CCc1ccc(C(=O)Nc2cc(-c3ccccc3)ccc2N)cc1. The molecule has 0 fully saturated rings. The summed E-state index contributed by atoms with van der Waals surface area (Å²) in [6.45, 7) is 6.49. The molecule has 0 saturated heterocycles. The fourth-order valence-electron chi connectivity index (χ4n) is 3.11. The molecular formula is C26H30N2O3Si. The molecule has 0 aromatic heterocycles. The van der Waals surface area contributed by atoms with Gasteiger partial charge in [-0.15, -0.1) is 0 Å². The third-order valence-corrected chi connectivity index (χ3v) is 5.92. The third kappa shape index (κ3) is 6.82. The van der Waals surface area contributed by atoms with E-state index in [9.17, 15) is 9.59 Å². The van der Waals surface area contributed by atoms with E-state index in [0.29, 0.717) is 36.0 Å². The molecule has 6 heteroatoms. The molecule has 0 heterocycles. The van der Waals surface area contributed by atoms with Gasteiger partial charge in [0.1, 0.15) is 0 Å². The Balaban J connectivity index is 1.60. The molecule has 0 saturated carbocycles. The highest BCUT2D eigenvalue weighted by Gasteiger charge is 2.16. The van der Waals surface area contributed by atoms with Gasteiger partial charge >= 0.3 is 5.97 Å². The molecule has 3 N–H and O–H groups in total. The number of carbonyl (C=O) groups is 2. The maximum Gasteiger partial charge on any atom is 0.305 e. The molecular weight excluding hydrogens is 416 g/mol. The van der Waals surface area contributed by atoms with E-state index >= 15 is 0 Å². The molecule has 166 valence electrons. The van der Waals surface area contributed by atoms with Crippen molar-refractivity contribution in [3.05, 3.63) is 83.9 Å². The lowest BCUT2D eigenvalue weighted by Crippen LogP contribution is -2.29. The summed E-state index contributed by atoms with van der Waals surface area (Å²) < 4.78 is 5.36. The maximum absolute atomic E-state index is 12.7. The summed E-state index contributed by atoms with van der Waals surface area (Å²) in [5, 5.41) is 2.90. The van der Waals surface area contributed by atoms with Crippen LogP contribution in [-0.2, 0) is 16.0 Å². The largest absolute Gasteiger partial charge is 0.469 e. The number of ether oxygens (including phenoxy) is 1. The summed E-state index contributed by atoms with van der Waals surface area (Å²) in [6.07, 6.45) is 1.46. The number of rotatable bonds is 8. The van der Waals surface area contributed by atoms with E-state index in [1.54, 1.807) is 18.2 Å². The Bertz CT molecular complexity index is 1070. The van der Waals surface area contributed by atoms with Crippen molar-refractivity contribution in [2.75, 3.05) is 17.3 Å². The van der Waals surface area contributed by atoms with Gasteiger partial charge in [-0.05, 0) is 47.4 Å². The normalized spacial score (nSPS) is 11.1. The van der Waals surface area contributed by atoms with Gasteiger partial charge in [0.15, 0.2) is 0 Å². The number of carbonyl (C=O) groups excluding carboxylic acids is 2. The van der Waals surface area contributed by atoms with E-state index in [2.05, 4.69) is 25.0 Å². The van der Waals surface area contributed by atoms with Gasteiger partial charge in [-0.25, -0.2) is 0 Å².